The van der Waals surface area contributed by atoms with Gasteiger partial charge in [-0.2, -0.15) is 5.10 Å². The van der Waals surface area contributed by atoms with Crippen LogP contribution in [0.15, 0.2) is 47.2 Å². The van der Waals surface area contributed by atoms with Gasteiger partial charge in [0.1, 0.15) is 10.4 Å². The van der Waals surface area contributed by atoms with E-state index in [1.54, 1.807) is 16.8 Å². The predicted molar refractivity (Wildman–Crippen MR) is 66.1 cm³/mol. The third-order valence-electron chi connectivity index (χ3n) is 2.44. The molecule has 0 saturated heterocycles. The summed E-state index contributed by atoms with van der Waals surface area (Å²) in [6, 6.07) is 10.0. The fourth-order valence-corrected chi connectivity index (χ4v) is 2.01. The zero-order valence-electron chi connectivity index (χ0n) is 8.64. The first-order valence-corrected chi connectivity index (χ1v) is 5.79. The van der Waals surface area contributed by atoms with Crippen molar-refractivity contribution < 1.29 is 4.39 Å². The quantitative estimate of drug-likeness (QED) is 0.689. The third-order valence-corrected chi connectivity index (χ3v) is 2.98. The minimum Gasteiger partial charge on any atom is -0.234 e. The first kappa shape index (κ1) is 10.4. The molecule has 0 amide bonds. The molecular formula is C12H7BrFN3. The number of hydrogen-bond acceptors (Lipinski definition) is 2. The Morgan fingerprint density at radius 1 is 1.18 bits per heavy atom. The van der Waals surface area contributed by atoms with Crippen molar-refractivity contribution in [2.75, 3.05) is 0 Å². The van der Waals surface area contributed by atoms with E-state index >= 15 is 0 Å². The summed E-state index contributed by atoms with van der Waals surface area (Å²) >= 11 is 3.35. The van der Waals surface area contributed by atoms with Crippen LogP contribution in [0.5, 0.6) is 0 Å². The van der Waals surface area contributed by atoms with Crippen molar-refractivity contribution in [3.05, 3.63) is 53.0 Å². The van der Waals surface area contributed by atoms with Gasteiger partial charge in [-0.15, -0.1) is 0 Å². The second kappa shape index (κ2) is 3.92. The topological polar surface area (TPSA) is 30.2 Å². The summed E-state index contributed by atoms with van der Waals surface area (Å²) in [5.41, 5.74) is 2.19. The average molecular weight is 292 g/mol. The van der Waals surface area contributed by atoms with Crippen molar-refractivity contribution in [3.8, 4) is 11.3 Å². The molecule has 84 valence electrons. The first-order valence-electron chi connectivity index (χ1n) is 5.00. The molecule has 5 heteroatoms. The molecule has 3 aromatic rings. The third kappa shape index (κ3) is 1.82. The van der Waals surface area contributed by atoms with Gasteiger partial charge >= 0.3 is 0 Å². The maximum Gasteiger partial charge on any atom is 0.154 e. The van der Waals surface area contributed by atoms with Crippen LogP contribution >= 0.6 is 15.9 Å². The number of halogens is 2. The van der Waals surface area contributed by atoms with E-state index in [2.05, 4.69) is 26.0 Å². The maximum atomic E-state index is 13.1. The van der Waals surface area contributed by atoms with E-state index < -0.39 is 0 Å². The van der Waals surface area contributed by atoms with Gasteiger partial charge < -0.3 is 0 Å². The van der Waals surface area contributed by atoms with Gasteiger partial charge in [0.05, 0.1) is 11.9 Å². The highest BCUT2D eigenvalue weighted by molar-refractivity contribution is 9.10. The average Bonchev–Trinajstić information content (AvgIpc) is 2.71. The zero-order valence-corrected chi connectivity index (χ0v) is 10.2. The fraction of sp³-hybridized carbons (Fsp3) is 0. The molecule has 3 nitrogen and oxygen atoms in total. The molecule has 0 N–H and O–H groups in total. The number of rotatable bonds is 1. The summed E-state index contributed by atoms with van der Waals surface area (Å²) in [7, 11) is 0. The summed E-state index contributed by atoms with van der Waals surface area (Å²) < 4.78 is 15.6. The van der Waals surface area contributed by atoms with Crippen molar-refractivity contribution in [2.45, 2.75) is 0 Å². The van der Waals surface area contributed by atoms with Crippen LogP contribution in [0.1, 0.15) is 0 Å². The second-order valence-electron chi connectivity index (χ2n) is 3.58. The van der Waals surface area contributed by atoms with Crippen molar-refractivity contribution in [3.63, 3.8) is 0 Å². The Morgan fingerprint density at radius 3 is 2.88 bits per heavy atom. The number of fused-ring (bicyclic) bond motifs is 1. The molecule has 0 radical (unpaired) electrons. The standard InChI is InChI=1S/C12H7BrFN3/c13-11-7-15-12-5-4-10(16-17(11)12)8-2-1-3-9(14)6-8/h1-7H. The Morgan fingerprint density at radius 2 is 2.06 bits per heavy atom. The molecule has 0 spiro atoms. The molecule has 0 fully saturated rings. The molecular weight excluding hydrogens is 285 g/mol. The van der Waals surface area contributed by atoms with Crippen LogP contribution in [-0.4, -0.2) is 14.6 Å². The van der Waals surface area contributed by atoms with E-state index in [-0.39, 0.29) is 5.82 Å². The Bertz CT molecular complexity index is 693. The lowest BCUT2D eigenvalue weighted by molar-refractivity contribution is 0.628. The van der Waals surface area contributed by atoms with Gasteiger partial charge in [0.15, 0.2) is 5.65 Å². The molecule has 0 aliphatic rings. The second-order valence-corrected chi connectivity index (χ2v) is 4.39. The molecule has 0 aliphatic carbocycles. The molecule has 17 heavy (non-hydrogen) atoms. The van der Waals surface area contributed by atoms with E-state index in [0.717, 1.165) is 15.8 Å². The van der Waals surface area contributed by atoms with Gasteiger partial charge in [-0.25, -0.2) is 13.9 Å². The first-order chi connectivity index (χ1) is 8.24. The molecule has 2 aromatic heterocycles. The lowest BCUT2D eigenvalue weighted by Gasteiger charge is -2.02. The van der Waals surface area contributed by atoms with Crippen LogP contribution in [0.25, 0.3) is 16.9 Å². The fourth-order valence-electron chi connectivity index (χ4n) is 1.65. The van der Waals surface area contributed by atoms with Crippen molar-refractivity contribution in [1.29, 1.82) is 0 Å². The molecule has 0 saturated carbocycles. The number of imidazole rings is 1. The molecule has 0 atom stereocenters. The Hall–Kier alpha value is -1.75. The maximum absolute atomic E-state index is 13.1. The SMILES string of the molecule is Fc1cccc(-c2ccc3ncc(Br)n3n2)c1. The summed E-state index contributed by atoms with van der Waals surface area (Å²) in [4.78, 5) is 4.15. The minimum absolute atomic E-state index is 0.269. The van der Waals surface area contributed by atoms with Crippen molar-refractivity contribution in [2.24, 2.45) is 0 Å². The molecule has 2 heterocycles. The van der Waals surface area contributed by atoms with Gasteiger partial charge in [-0.3, -0.25) is 0 Å². The van der Waals surface area contributed by atoms with Gasteiger partial charge in [0.25, 0.3) is 0 Å². The largest absolute Gasteiger partial charge is 0.234 e. The zero-order chi connectivity index (χ0) is 11.8. The molecule has 3 rings (SSSR count). The van der Waals surface area contributed by atoms with E-state index in [9.17, 15) is 4.39 Å². The number of nitrogens with zero attached hydrogens (tertiary/aromatic N) is 3. The number of benzene rings is 1. The van der Waals surface area contributed by atoms with E-state index in [4.69, 9.17) is 0 Å². The Balaban J connectivity index is 2.20. The van der Waals surface area contributed by atoms with Gasteiger partial charge in [0, 0.05) is 5.56 Å². The highest BCUT2D eigenvalue weighted by atomic mass is 79.9. The summed E-state index contributed by atoms with van der Waals surface area (Å²) in [6.07, 6.45) is 1.68. The summed E-state index contributed by atoms with van der Waals surface area (Å²) in [6.45, 7) is 0. The monoisotopic (exact) mass is 291 g/mol. The van der Waals surface area contributed by atoms with Crippen LogP contribution in [0.2, 0.25) is 0 Å². The van der Waals surface area contributed by atoms with Crippen LogP contribution < -0.4 is 0 Å². The number of aromatic nitrogens is 3. The normalized spacial score (nSPS) is 10.9. The summed E-state index contributed by atoms with van der Waals surface area (Å²) in [5, 5.41) is 4.39. The molecule has 0 bridgehead atoms. The van der Waals surface area contributed by atoms with Crippen molar-refractivity contribution in [1.82, 2.24) is 14.6 Å². The van der Waals surface area contributed by atoms with E-state index in [0.29, 0.717) is 5.69 Å². The lowest BCUT2D eigenvalue weighted by atomic mass is 10.1. The smallest absolute Gasteiger partial charge is 0.154 e. The Labute approximate surface area is 105 Å². The molecule has 0 aliphatic heterocycles. The highest BCUT2D eigenvalue weighted by Crippen LogP contribution is 2.19. The molecule has 1 aromatic carbocycles. The van der Waals surface area contributed by atoms with Crippen LogP contribution in [-0.2, 0) is 0 Å². The minimum atomic E-state index is -0.269. The van der Waals surface area contributed by atoms with Gasteiger partial charge in [-0.05, 0) is 40.2 Å². The van der Waals surface area contributed by atoms with Crippen LogP contribution in [0.4, 0.5) is 4.39 Å². The van der Waals surface area contributed by atoms with E-state index in [1.165, 1.54) is 12.1 Å². The summed E-state index contributed by atoms with van der Waals surface area (Å²) in [5.74, 6) is -0.269. The number of hydrogen-bond donors (Lipinski definition) is 0. The van der Waals surface area contributed by atoms with Gasteiger partial charge in [0.2, 0.25) is 0 Å². The lowest BCUT2D eigenvalue weighted by Crippen LogP contribution is -1.94. The highest BCUT2D eigenvalue weighted by Gasteiger charge is 2.05. The van der Waals surface area contributed by atoms with Gasteiger partial charge in [-0.1, -0.05) is 12.1 Å². The molecule has 0 unspecified atom stereocenters. The Kier molecular flexibility index (Phi) is 2.40. The van der Waals surface area contributed by atoms with E-state index in [1.807, 2.05) is 18.2 Å². The van der Waals surface area contributed by atoms with Crippen molar-refractivity contribution >= 4 is 21.6 Å². The van der Waals surface area contributed by atoms with Crippen LogP contribution in [0.3, 0.4) is 0 Å². The predicted octanol–water partition coefficient (Wildman–Crippen LogP) is 3.30. The van der Waals surface area contributed by atoms with Crippen LogP contribution in [0, 0.1) is 5.82 Å².